The maximum Gasteiger partial charge on any atom is 0.135 e. The SMILES string of the molecule is CCC(O)CNc1ccc(Br)c(OC)c1. The van der Waals surface area contributed by atoms with Gasteiger partial charge in [-0.1, -0.05) is 6.92 Å². The van der Waals surface area contributed by atoms with Gasteiger partial charge >= 0.3 is 0 Å². The Morgan fingerprint density at radius 2 is 2.27 bits per heavy atom. The first-order chi connectivity index (χ1) is 7.17. The minimum Gasteiger partial charge on any atom is -0.495 e. The number of ether oxygens (including phenoxy) is 1. The monoisotopic (exact) mass is 273 g/mol. The summed E-state index contributed by atoms with van der Waals surface area (Å²) in [7, 11) is 1.63. The molecule has 0 fully saturated rings. The fraction of sp³-hybridized carbons (Fsp3) is 0.455. The van der Waals surface area contributed by atoms with Gasteiger partial charge < -0.3 is 15.2 Å². The molecule has 1 atom stereocenters. The number of nitrogens with one attached hydrogen (secondary N) is 1. The molecule has 1 unspecified atom stereocenters. The predicted molar refractivity (Wildman–Crippen MR) is 65.5 cm³/mol. The Hall–Kier alpha value is -0.740. The second kappa shape index (κ2) is 5.98. The molecule has 1 rings (SSSR count). The molecule has 1 aromatic rings. The van der Waals surface area contributed by atoms with E-state index in [-0.39, 0.29) is 6.10 Å². The smallest absolute Gasteiger partial charge is 0.135 e. The van der Waals surface area contributed by atoms with Crippen LogP contribution in [0.1, 0.15) is 13.3 Å². The maximum absolute atomic E-state index is 9.40. The van der Waals surface area contributed by atoms with Gasteiger partial charge in [0.2, 0.25) is 0 Å². The highest BCUT2D eigenvalue weighted by Crippen LogP contribution is 2.27. The summed E-state index contributed by atoms with van der Waals surface area (Å²) in [6.07, 6.45) is 0.445. The van der Waals surface area contributed by atoms with Crippen LogP contribution < -0.4 is 10.1 Å². The molecule has 0 aliphatic heterocycles. The molecule has 1 aromatic carbocycles. The van der Waals surface area contributed by atoms with E-state index in [9.17, 15) is 5.11 Å². The van der Waals surface area contributed by atoms with Crippen LogP contribution in [0, 0.1) is 0 Å². The molecular formula is C11H16BrNO2. The van der Waals surface area contributed by atoms with Crippen molar-refractivity contribution in [1.82, 2.24) is 0 Å². The second-order valence-electron chi connectivity index (χ2n) is 3.29. The lowest BCUT2D eigenvalue weighted by molar-refractivity contribution is 0.183. The minimum atomic E-state index is -0.306. The zero-order valence-corrected chi connectivity index (χ0v) is 10.5. The zero-order valence-electron chi connectivity index (χ0n) is 8.96. The van der Waals surface area contributed by atoms with Crippen molar-refractivity contribution in [1.29, 1.82) is 0 Å². The van der Waals surface area contributed by atoms with Gasteiger partial charge in [0.1, 0.15) is 5.75 Å². The number of benzene rings is 1. The summed E-state index contributed by atoms with van der Waals surface area (Å²) in [5, 5.41) is 12.5. The highest BCUT2D eigenvalue weighted by atomic mass is 79.9. The van der Waals surface area contributed by atoms with Crippen molar-refractivity contribution in [2.45, 2.75) is 19.4 Å². The number of anilines is 1. The fourth-order valence-electron chi connectivity index (χ4n) is 1.15. The molecule has 84 valence electrons. The molecule has 4 heteroatoms. The predicted octanol–water partition coefficient (Wildman–Crippen LogP) is 2.64. The van der Waals surface area contributed by atoms with Crippen LogP contribution in [0.15, 0.2) is 22.7 Å². The van der Waals surface area contributed by atoms with Gasteiger partial charge in [0, 0.05) is 18.3 Å². The van der Waals surface area contributed by atoms with Crippen molar-refractivity contribution in [2.75, 3.05) is 19.0 Å². The average molecular weight is 274 g/mol. The molecule has 0 aliphatic rings. The number of methoxy groups -OCH3 is 1. The van der Waals surface area contributed by atoms with Crippen LogP contribution >= 0.6 is 15.9 Å². The second-order valence-corrected chi connectivity index (χ2v) is 4.15. The largest absolute Gasteiger partial charge is 0.495 e. The average Bonchev–Trinajstić information content (AvgIpc) is 2.27. The first-order valence-corrected chi connectivity index (χ1v) is 5.72. The number of halogens is 1. The molecule has 2 N–H and O–H groups in total. The zero-order chi connectivity index (χ0) is 11.3. The first kappa shape index (κ1) is 12.3. The number of hydrogen-bond acceptors (Lipinski definition) is 3. The molecule has 0 aliphatic carbocycles. The highest BCUT2D eigenvalue weighted by molar-refractivity contribution is 9.10. The number of aliphatic hydroxyl groups excluding tert-OH is 1. The lowest BCUT2D eigenvalue weighted by atomic mass is 10.2. The Balaban J connectivity index is 2.62. The number of hydrogen-bond donors (Lipinski definition) is 2. The molecular weight excluding hydrogens is 258 g/mol. The summed E-state index contributed by atoms with van der Waals surface area (Å²) >= 11 is 3.38. The van der Waals surface area contributed by atoms with Crippen molar-refractivity contribution in [3.05, 3.63) is 22.7 Å². The van der Waals surface area contributed by atoms with E-state index in [1.54, 1.807) is 7.11 Å². The fourth-order valence-corrected chi connectivity index (χ4v) is 1.56. The van der Waals surface area contributed by atoms with Crippen LogP contribution in [0.4, 0.5) is 5.69 Å². The molecule has 0 heterocycles. The van der Waals surface area contributed by atoms with E-state index < -0.39 is 0 Å². The Morgan fingerprint density at radius 3 is 2.87 bits per heavy atom. The lowest BCUT2D eigenvalue weighted by Crippen LogP contribution is -2.18. The van der Waals surface area contributed by atoms with Gasteiger partial charge in [-0.2, -0.15) is 0 Å². The molecule has 0 radical (unpaired) electrons. The Labute approximate surface area is 98.6 Å². The van der Waals surface area contributed by atoms with Gasteiger partial charge in [0.05, 0.1) is 17.7 Å². The normalized spacial score (nSPS) is 12.3. The highest BCUT2D eigenvalue weighted by Gasteiger charge is 2.03. The summed E-state index contributed by atoms with van der Waals surface area (Å²) in [6, 6.07) is 5.75. The molecule has 0 bridgehead atoms. The van der Waals surface area contributed by atoms with Gasteiger partial charge in [-0.05, 0) is 34.5 Å². The molecule has 3 nitrogen and oxygen atoms in total. The Kier molecular flexibility index (Phi) is 4.91. The third kappa shape index (κ3) is 3.72. The Morgan fingerprint density at radius 1 is 1.53 bits per heavy atom. The van der Waals surface area contributed by atoms with Crippen molar-refractivity contribution in [2.24, 2.45) is 0 Å². The van der Waals surface area contributed by atoms with Crippen LogP contribution in [0.2, 0.25) is 0 Å². The molecule has 0 aromatic heterocycles. The van der Waals surface area contributed by atoms with E-state index in [4.69, 9.17) is 4.74 Å². The van der Waals surface area contributed by atoms with Crippen LogP contribution in [0.25, 0.3) is 0 Å². The molecule has 0 amide bonds. The van der Waals surface area contributed by atoms with Crippen LogP contribution in [-0.4, -0.2) is 24.9 Å². The molecule has 0 saturated heterocycles. The van der Waals surface area contributed by atoms with Crippen molar-refractivity contribution in [3.63, 3.8) is 0 Å². The van der Waals surface area contributed by atoms with E-state index in [0.29, 0.717) is 6.54 Å². The van der Waals surface area contributed by atoms with Gasteiger partial charge in [0.25, 0.3) is 0 Å². The maximum atomic E-state index is 9.40. The summed E-state index contributed by atoms with van der Waals surface area (Å²) in [5.41, 5.74) is 0.947. The summed E-state index contributed by atoms with van der Waals surface area (Å²) in [4.78, 5) is 0. The van der Waals surface area contributed by atoms with Gasteiger partial charge in [-0.3, -0.25) is 0 Å². The van der Waals surface area contributed by atoms with E-state index in [1.807, 2.05) is 25.1 Å². The molecule has 0 saturated carbocycles. The summed E-state index contributed by atoms with van der Waals surface area (Å²) in [5.74, 6) is 0.783. The third-order valence-electron chi connectivity index (χ3n) is 2.16. The summed E-state index contributed by atoms with van der Waals surface area (Å²) < 4.78 is 6.09. The quantitative estimate of drug-likeness (QED) is 0.867. The van der Waals surface area contributed by atoms with Gasteiger partial charge in [-0.25, -0.2) is 0 Å². The van der Waals surface area contributed by atoms with Gasteiger partial charge in [-0.15, -0.1) is 0 Å². The van der Waals surface area contributed by atoms with E-state index in [2.05, 4.69) is 21.2 Å². The first-order valence-electron chi connectivity index (χ1n) is 4.92. The molecule has 15 heavy (non-hydrogen) atoms. The van der Waals surface area contributed by atoms with E-state index >= 15 is 0 Å². The standard InChI is InChI=1S/C11H16BrNO2/c1-3-9(14)7-13-8-4-5-10(12)11(6-8)15-2/h4-6,9,13-14H,3,7H2,1-2H3. The van der Waals surface area contributed by atoms with Crippen molar-refractivity contribution < 1.29 is 9.84 Å². The third-order valence-corrected chi connectivity index (χ3v) is 2.82. The van der Waals surface area contributed by atoms with Crippen LogP contribution in [0.5, 0.6) is 5.75 Å². The van der Waals surface area contributed by atoms with E-state index in [0.717, 1.165) is 22.3 Å². The van der Waals surface area contributed by atoms with Crippen molar-refractivity contribution >= 4 is 21.6 Å². The topological polar surface area (TPSA) is 41.5 Å². The Bertz CT molecular complexity index is 317. The lowest BCUT2D eigenvalue weighted by Gasteiger charge is -2.12. The van der Waals surface area contributed by atoms with Gasteiger partial charge in [0.15, 0.2) is 0 Å². The van der Waals surface area contributed by atoms with Crippen LogP contribution in [-0.2, 0) is 0 Å². The van der Waals surface area contributed by atoms with Crippen LogP contribution in [0.3, 0.4) is 0 Å². The molecule has 0 spiro atoms. The number of rotatable bonds is 5. The van der Waals surface area contributed by atoms with Crippen molar-refractivity contribution in [3.8, 4) is 5.75 Å². The number of aliphatic hydroxyl groups is 1. The van der Waals surface area contributed by atoms with E-state index in [1.165, 1.54) is 0 Å². The minimum absolute atomic E-state index is 0.306. The summed E-state index contributed by atoms with van der Waals surface area (Å²) in [6.45, 7) is 2.51.